The monoisotopic (exact) mass is 270 g/mol. The number of aromatic amines is 1. The largest absolute Gasteiger partial charge is 0.468 e. The number of H-pyrrole nitrogens is 1. The van der Waals surface area contributed by atoms with Crippen LogP contribution in [0.1, 0.15) is 11.3 Å². The number of methoxy groups -OCH3 is 1. The summed E-state index contributed by atoms with van der Waals surface area (Å²) in [7, 11) is 1.54. The molecule has 0 amide bonds. The van der Waals surface area contributed by atoms with Crippen molar-refractivity contribution in [2.24, 2.45) is 0 Å². The summed E-state index contributed by atoms with van der Waals surface area (Å²) in [5.74, 6) is 0.617. The first-order chi connectivity index (χ1) is 9.65. The maximum absolute atomic E-state index is 11.8. The molecule has 0 aliphatic rings. The van der Waals surface area contributed by atoms with Crippen LogP contribution in [0.15, 0.2) is 35.1 Å². The average molecular weight is 270 g/mol. The van der Waals surface area contributed by atoms with Crippen molar-refractivity contribution in [1.82, 2.24) is 4.98 Å². The molecular formula is C15H14N2O3. The highest BCUT2D eigenvalue weighted by Gasteiger charge is 2.10. The van der Waals surface area contributed by atoms with Crippen LogP contribution in [0.4, 0.5) is 0 Å². The zero-order valence-electron chi connectivity index (χ0n) is 11.3. The maximum atomic E-state index is 11.8. The van der Waals surface area contributed by atoms with E-state index in [9.17, 15) is 4.79 Å². The van der Waals surface area contributed by atoms with Crippen LogP contribution in [-0.4, -0.2) is 18.9 Å². The van der Waals surface area contributed by atoms with Gasteiger partial charge >= 0.3 is 0 Å². The Kier molecular flexibility index (Phi) is 4.18. The second-order valence-corrected chi connectivity index (χ2v) is 4.26. The highest BCUT2D eigenvalue weighted by Crippen LogP contribution is 2.25. The Morgan fingerprint density at radius 1 is 1.35 bits per heavy atom. The average Bonchev–Trinajstić information content (AvgIpc) is 2.44. The van der Waals surface area contributed by atoms with E-state index >= 15 is 0 Å². The third kappa shape index (κ3) is 2.87. The van der Waals surface area contributed by atoms with E-state index in [2.05, 4.69) is 4.98 Å². The fourth-order valence-corrected chi connectivity index (χ4v) is 1.91. The fourth-order valence-electron chi connectivity index (χ4n) is 1.91. The highest BCUT2D eigenvalue weighted by atomic mass is 16.7. The van der Waals surface area contributed by atoms with E-state index in [0.717, 1.165) is 5.56 Å². The van der Waals surface area contributed by atoms with Crippen molar-refractivity contribution >= 4 is 0 Å². The Hall–Kier alpha value is -2.58. The van der Waals surface area contributed by atoms with Gasteiger partial charge in [0.05, 0.1) is 0 Å². The Bertz CT molecular complexity index is 714. The molecule has 1 aromatic heterocycles. The number of nitriles is 1. The number of aromatic nitrogens is 1. The molecule has 0 unspecified atom stereocenters. The van der Waals surface area contributed by atoms with Crippen molar-refractivity contribution < 1.29 is 9.47 Å². The smallest absolute Gasteiger partial charge is 0.266 e. The van der Waals surface area contributed by atoms with Gasteiger partial charge in [0.25, 0.3) is 5.56 Å². The predicted octanol–water partition coefficient (Wildman–Crippen LogP) is 2.20. The molecule has 2 aromatic rings. The second kappa shape index (κ2) is 6.04. The molecule has 20 heavy (non-hydrogen) atoms. The van der Waals surface area contributed by atoms with Crippen LogP contribution < -0.4 is 10.3 Å². The third-order valence-corrected chi connectivity index (χ3v) is 2.77. The van der Waals surface area contributed by atoms with Crippen molar-refractivity contribution in [3.63, 3.8) is 0 Å². The van der Waals surface area contributed by atoms with Crippen molar-refractivity contribution in [3.8, 4) is 22.9 Å². The summed E-state index contributed by atoms with van der Waals surface area (Å²) in [5, 5.41) is 9.14. The Morgan fingerprint density at radius 3 is 2.85 bits per heavy atom. The minimum Gasteiger partial charge on any atom is -0.468 e. The summed E-state index contributed by atoms with van der Waals surface area (Å²) in [4.78, 5) is 14.4. The van der Waals surface area contributed by atoms with E-state index < -0.39 is 0 Å². The van der Waals surface area contributed by atoms with E-state index in [1.54, 1.807) is 31.2 Å². The van der Waals surface area contributed by atoms with Gasteiger partial charge in [0.2, 0.25) is 0 Å². The molecule has 1 N–H and O–H groups in total. The molecule has 2 rings (SSSR count). The topological polar surface area (TPSA) is 75.1 Å². The summed E-state index contributed by atoms with van der Waals surface area (Å²) in [6, 6.07) is 10.9. The SMILES string of the molecule is COCOc1cccc(-c2cc(C)[nH]c(=O)c2C#N)c1. The van der Waals surface area contributed by atoms with Crippen LogP contribution >= 0.6 is 0 Å². The zero-order chi connectivity index (χ0) is 14.5. The number of benzene rings is 1. The van der Waals surface area contributed by atoms with E-state index in [1.165, 1.54) is 7.11 Å². The van der Waals surface area contributed by atoms with Crippen LogP contribution in [0.25, 0.3) is 11.1 Å². The van der Waals surface area contributed by atoms with Crippen LogP contribution in [0.5, 0.6) is 5.75 Å². The lowest BCUT2D eigenvalue weighted by atomic mass is 10.0. The first kappa shape index (κ1) is 13.8. The molecule has 0 bridgehead atoms. The Labute approximate surface area is 116 Å². The van der Waals surface area contributed by atoms with Crippen molar-refractivity contribution in [1.29, 1.82) is 5.26 Å². The molecule has 0 radical (unpaired) electrons. The molecule has 1 heterocycles. The van der Waals surface area contributed by atoms with Crippen LogP contribution in [0, 0.1) is 18.3 Å². The van der Waals surface area contributed by atoms with Gasteiger partial charge < -0.3 is 14.5 Å². The minimum absolute atomic E-state index is 0.0968. The van der Waals surface area contributed by atoms with E-state index in [1.807, 2.05) is 12.1 Å². The number of nitrogens with one attached hydrogen (secondary N) is 1. The van der Waals surface area contributed by atoms with Gasteiger partial charge in [-0.1, -0.05) is 12.1 Å². The van der Waals surface area contributed by atoms with Gasteiger partial charge in [-0.15, -0.1) is 0 Å². The number of hydrogen-bond acceptors (Lipinski definition) is 4. The highest BCUT2D eigenvalue weighted by molar-refractivity contribution is 5.71. The number of aryl methyl sites for hydroxylation is 1. The number of pyridine rings is 1. The lowest BCUT2D eigenvalue weighted by molar-refractivity contribution is 0.0511. The normalized spacial score (nSPS) is 10.1. The molecule has 5 heteroatoms. The number of rotatable bonds is 4. The molecule has 0 aliphatic carbocycles. The van der Waals surface area contributed by atoms with Gasteiger partial charge in [-0.25, -0.2) is 0 Å². The molecule has 0 atom stereocenters. The molecule has 1 aromatic carbocycles. The van der Waals surface area contributed by atoms with Gasteiger partial charge in [-0.3, -0.25) is 4.79 Å². The molecule has 0 aliphatic heterocycles. The van der Waals surface area contributed by atoms with E-state index in [0.29, 0.717) is 17.0 Å². The lowest BCUT2D eigenvalue weighted by Gasteiger charge is -2.08. The first-order valence-electron chi connectivity index (χ1n) is 6.02. The number of ether oxygens (including phenoxy) is 2. The summed E-state index contributed by atoms with van der Waals surface area (Å²) >= 11 is 0. The quantitative estimate of drug-likeness (QED) is 0.864. The van der Waals surface area contributed by atoms with Gasteiger partial charge in [0.15, 0.2) is 6.79 Å². The van der Waals surface area contributed by atoms with Crippen molar-refractivity contribution in [2.75, 3.05) is 13.9 Å². The van der Waals surface area contributed by atoms with Gasteiger partial charge in [-0.2, -0.15) is 5.26 Å². The van der Waals surface area contributed by atoms with Crippen molar-refractivity contribution in [3.05, 3.63) is 51.9 Å². The number of nitrogens with zero attached hydrogens (tertiary/aromatic N) is 1. The lowest BCUT2D eigenvalue weighted by Crippen LogP contribution is -2.12. The van der Waals surface area contributed by atoms with Gasteiger partial charge in [0, 0.05) is 18.4 Å². The van der Waals surface area contributed by atoms with Crippen LogP contribution in [0.2, 0.25) is 0 Å². The molecule has 0 fully saturated rings. The van der Waals surface area contributed by atoms with Gasteiger partial charge in [0.1, 0.15) is 17.4 Å². The summed E-state index contributed by atoms with van der Waals surface area (Å²) < 4.78 is 10.2. The molecule has 0 spiro atoms. The van der Waals surface area contributed by atoms with Crippen LogP contribution in [0.3, 0.4) is 0 Å². The fraction of sp³-hybridized carbons (Fsp3) is 0.200. The Morgan fingerprint density at radius 2 is 2.15 bits per heavy atom. The maximum Gasteiger partial charge on any atom is 0.266 e. The molecule has 0 saturated carbocycles. The van der Waals surface area contributed by atoms with Gasteiger partial charge in [-0.05, 0) is 30.7 Å². The summed E-state index contributed by atoms with van der Waals surface area (Å²) in [5.41, 5.74) is 1.76. The second-order valence-electron chi connectivity index (χ2n) is 4.26. The number of hydrogen-bond donors (Lipinski definition) is 1. The summed E-state index contributed by atoms with van der Waals surface area (Å²) in [6.07, 6.45) is 0. The van der Waals surface area contributed by atoms with Crippen molar-refractivity contribution in [2.45, 2.75) is 6.92 Å². The molecule has 0 saturated heterocycles. The summed E-state index contributed by atoms with van der Waals surface area (Å²) in [6.45, 7) is 1.92. The first-order valence-corrected chi connectivity index (χ1v) is 6.02. The van der Waals surface area contributed by atoms with E-state index in [-0.39, 0.29) is 17.9 Å². The third-order valence-electron chi connectivity index (χ3n) is 2.77. The molecular weight excluding hydrogens is 256 g/mol. The van der Waals surface area contributed by atoms with E-state index in [4.69, 9.17) is 14.7 Å². The molecule has 102 valence electrons. The minimum atomic E-state index is -0.384. The predicted molar refractivity (Wildman–Crippen MR) is 74.5 cm³/mol. The van der Waals surface area contributed by atoms with Crippen LogP contribution in [-0.2, 0) is 4.74 Å². The molecule has 5 nitrogen and oxygen atoms in total. The zero-order valence-corrected chi connectivity index (χ0v) is 11.3. The Balaban J connectivity index is 2.52. The standard InChI is InChI=1S/C15H14N2O3/c1-10-6-13(14(8-16)15(18)17-10)11-4-3-5-12(7-11)20-9-19-2/h3-7H,9H2,1-2H3,(H,17,18).